The van der Waals surface area contributed by atoms with E-state index in [-0.39, 0.29) is 11.1 Å². The van der Waals surface area contributed by atoms with Crippen LogP contribution < -0.4 is 5.32 Å². The summed E-state index contributed by atoms with van der Waals surface area (Å²) in [7, 11) is 1.79. The quantitative estimate of drug-likeness (QED) is 0.773. The van der Waals surface area contributed by atoms with E-state index in [0.717, 1.165) is 11.3 Å². The van der Waals surface area contributed by atoms with Gasteiger partial charge in [-0.2, -0.15) is 0 Å². The van der Waals surface area contributed by atoms with E-state index >= 15 is 0 Å². The van der Waals surface area contributed by atoms with Crippen molar-refractivity contribution in [2.45, 2.75) is 0 Å². The maximum absolute atomic E-state index is 12.4. The number of anilines is 1. The number of carbonyl (C=O) groups excluding carboxylic acids is 1. The number of carbonyl (C=O) groups is 2. The fourth-order valence-corrected chi connectivity index (χ4v) is 2.44. The first-order valence-corrected chi connectivity index (χ1v) is 7.28. The largest absolute Gasteiger partial charge is 0.478 e. The van der Waals surface area contributed by atoms with Gasteiger partial charge in [-0.15, -0.1) is 0 Å². The maximum atomic E-state index is 12.4. The molecule has 120 valence electrons. The molecule has 1 aromatic heterocycles. The molecule has 0 aliphatic rings. The minimum absolute atomic E-state index is 0.0486. The molecule has 6 heteroatoms. The predicted octanol–water partition coefficient (Wildman–Crippen LogP) is 3.04. The van der Waals surface area contributed by atoms with Gasteiger partial charge in [0.1, 0.15) is 0 Å². The summed E-state index contributed by atoms with van der Waals surface area (Å²) in [5.41, 5.74) is 1.86. The van der Waals surface area contributed by atoms with E-state index in [4.69, 9.17) is 0 Å². The number of aromatic carboxylic acids is 1. The van der Waals surface area contributed by atoms with Gasteiger partial charge in [-0.25, -0.2) is 9.78 Å². The number of imidazole rings is 1. The lowest BCUT2D eigenvalue weighted by atomic mass is 10.1. The Kier molecular flexibility index (Phi) is 4.11. The van der Waals surface area contributed by atoms with Gasteiger partial charge in [-0.1, -0.05) is 42.5 Å². The van der Waals surface area contributed by atoms with E-state index < -0.39 is 11.9 Å². The molecule has 3 aromatic rings. The third kappa shape index (κ3) is 2.89. The number of nitrogens with one attached hydrogen (secondary N) is 1. The standard InChI is InChI=1S/C18H15N3O3/c1-21-15(12-7-3-2-4-8-12)11-19-18(21)20-16(22)13-9-5-6-10-14(13)17(23)24/h2-11H,1H3,(H,23,24)(H,19,20,22). The normalized spacial score (nSPS) is 10.4. The third-order valence-corrected chi connectivity index (χ3v) is 3.69. The summed E-state index contributed by atoms with van der Waals surface area (Å²) in [4.78, 5) is 27.9. The van der Waals surface area contributed by atoms with Gasteiger partial charge in [0.25, 0.3) is 5.91 Å². The van der Waals surface area contributed by atoms with E-state index in [1.165, 1.54) is 12.1 Å². The number of aromatic nitrogens is 2. The van der Waals surface area contributed by atoms with Gasteiger partial charge in [0.05, 0.1) is 23.0 Å². The van der Waals surface area contributed by atoms with Crippen LogP contribution in [-0.2, 0) is 7.05 Å². The lowest BCUT2D eigenvalue weighted by molar-refractivity contribution is 0.0692. The first-order valence-electron chi connectivity index (χ1n) is 7.28. The summed E-state index contributed by atoms with van der Waals surface area (Å²) >= 11 is 0. The Balaban J connectivity index is 1.89. The van der Waals surface area contributed by atoms with Gasteiger partial charge in [-0.05, 0) is 17.7 Å². The molecule has 2 aromatic carbocycles. The number of nitrogens with zero attached hydrogens (tertiary/aromatic N) is 2. The van der Waals surface area contributed by atoms with Gasteiger partial charge in [-0.3, -0.25) is 10.1 Å². The zero-order valence-corrected chi connectivity index (χ0v) is 12.9. The summed E-state index contributed by atoms with van der Waals surface area (Å²) in [6.07, 6.45) is 1.66. The van der Waals surface area contributed by atoms with Crippen LogP contribution in [0.1, 0.15) is 20.7 Å². The molecule has 0 radical (unpaired) electrons. The second kappa shape index (κ2) is 6.37. The Morgan fingerprint density at radius 1 is 1.00 bits per heavy atom. The van der Waals surface area contributed by atoms with E-state index in [9.17, 15) is 14.7 Å². The second-order valence-corrected chi connectivity index (χ2v) is 5.20. The molecule has 0 aliphatic carbocycles. The molecule has 0 unspecified atom stereocenters. The fourth-order valence-electron chi connectivity index (χ4n) is 2.44. The van der Waals surface area contributed by atoms with Crippen molar-refractivity contribution in [3.05, 3.63) is 71.9 Å². The Morgan fingerprint density at radius 2 is 1.62 bits per heavy atom. The predicted molar refractivity (Wildman–Crippen MR) is 90.0 cm³/mol. The molecule has 3 rings (SSSR count). The van der Waals surface area contributed by atoms with Gasteiger partial charge in [0.15, 0.2) is 0 Å². The van der Waals surface area contributed by atoms with E-state index in [2.05, 4.69) is 10.3 Å². The van der Waals surface area contributed by atoms with Crippen LogP contribution in [0.2, 0.25) is 0 Å². The zero-order chi connectivity index (χ0) is 17.1. The highest BCUT2D eigenvalue weighted by molar-refractivity contribution is 6.10. The third-order valence-electron chi connectivity index (χ3n) is 3.69. The number of amides is 1. The van der Waals surface area contributed by atoms with Gasteiger partial charge in [0.2, 0.25) is 5.95 Å². The molecule has 1 heterocycles. The molecular weight excluding hydrogens is 306 g/mol. The fraction of sp³-hybridized carbons (Fsp3) is 0.0556. The average molecular weight is 321 g/mol. The monoisotopic (exact) mass is 321 g/mol. The Hall–Kier alpha value is -3.41. The van der Waals surface area contributed by atoms with Crippen LogP contribution in [0, 0.1) is 0 Å². The van der Waals surface area contributed by atoms with Crippen molar-refractivity contribution in [3.63, 3.8) is 0 Å². The molecule has 0 saturated heterocycles. The van der Waals surface area contributed by atoms with Crippen LogP contribution in [0.3, 0.4) is 0 Å². The Bertz CT molecular complexity index is 901. The summed E-state index contributed by atoms with van der Waals surface area (Å²) < 4.78 is 1.75. The van der Waals surface area contributed by atoms with Crippen LogP contribution in [0.25, 0.3) is 11.3 Å². The van der Waals surface area contributed by atoms with Crippen LogP contribution in [0.5, 0.6) is 0 Å². The number of hydrogen-bond donors (Lipinski definition) is 2. The number of benzene rings is 2. The molecule has 0 atom stereocenters. The van der Waals surface area contributed by atoms with Crippen molar-refractivity contribution in [2.24, 2.45) is 7.05 Å². The molecule has 0 spiro atoms. The maximum Gasteiger partial charge on any atom is 0.336 e. The van der Waals surface area contributed by atoms with Gasteiger partial charge >= 0.3 is 5.97 Å². The van der Waals surface area contributed by atoms with Crippen molar-refractivity contribution >= 4 is 17.8 Å². The average Bonchev–Trinajstić information content (AvgIpc) is 2.96. The minimum atomic E-state index is -1.15. The molecule has 0 fully saturated rings. The molecule has 0 saturated carbocycles. The summed E-state index contributed by atoms with van der Waals surface area (Å²) in [6, 6.07) is 15.7. The highest BCUT2D eigenvalue weighted by Gasteiger charge is 2.18. The Labute approximate surface area is 138 Å². The van der Waals surface area contributed by atoms with Crippen molar-refractivity contribution in [2.75, 3.05) is 5.32 Å². The van der Waals surface area contributed by atoms with Crippen molar-refractivity contribution in [3.8, 4) is 11.3 Å². The second-order valence-electron chi connectivity index (χ2n) is 5.20. The summed E-state index contributed by atoms with van der Waals surface area (Å²) in [5.74, 6) is -1.31. The smallest absolute Gasteiger partial charge is 0.336 e. The Morgan fingerprint density at radius 3 is 2.29 bits per heavy atom. The molecule has 2 N–H and O–H groups in total. The summed E-state index contributed by atoms with van der Waals surface area (Å²) in [5, 5.41) is 11.8. The molecule has 1 amide bonds. The lowest BCUT2D eigenvalue weighted by Crippen LogP contribution is -2.18. The summed E-state index contributed by atoms with van der Waals surface area (Å²) in [6.45, 7) is 0. The SMILES string of the molecule is Cn1c(-c2ccccc2)cnc1NC(=O)c1ccccc1C(=O)O. The first kappa shape index (κ1) is 15.5. The topological polar surface area (TPSA) is 84.2 Å². The highest BCUT2D eigenvalue weighted by Crippen LogP contribution is 2.22. The van der Waals surface area contributed by atoms with Crippen LogP contribution in [0.4, 0.5) is 5.95 Å². The molecule has 6 nitrogen and oxygen atoms in total. The highest BCUT2D eigenvalue weighted by atomic mass is 16.4. The van der Waals surface area contributed by atoms with Crippen molar-refractivity contribution in [1.29, 1.82) is 0 Å². The van der Waals surface area contributed by atoms with E-state index in [0.29, 0.717) is 5.95 Å². The first-order chi connectivity index (χ1) is 11.6. The molecule has 0 aliphatic heterocycles. The lowest BCUT2D eigenvalue weighted by Gasteiger charge is -2.09. The zero-order valence-electron chi connectivity index (χ0n) is 12.9. The number of hydrogen-bond acceptors (Lipinski definition) is 3. The number of rotatable bonds is 4. The number of carboxylic acid groups (broad SMARTS) is 1. The van der Waals surface area contributed by atoms with Crippen LogP contribution in [0.15, 0.2) is 60.8 Å². The molecule has 0 bridgehead atoms. The molecule has 24 heavy (non-hydrogen) atoms. The van der Waals surface area contributed by atoms with Crippen LogP contribution in [-0.4, -0.2) is 26.5 Å². The minimum Gasteiger partial charge on any atom is -0.478 e. The number of carboxylic acids is 1. The molecular formula is C18H15N3O3. The van der Waals surface area contributed by atoms with Crippen molar-refractivity contribution < 1.29 is 14.7 Å². The van der Waals surface area contributed by atoms with Crippen LogP contribution >= 0.6 is 0 Å². The van der Waals surface area contributed by atoms with E-state index in [1.807, 2.05) is 30.3 Å². The van der Waals surface area contributed by atoms with Gasteiger partial charge < -0.3 is 9.67 Å². The van der Waals surface area contributed by atoms with E-state index in [1.54, 1.807) is 29.9 Å². The van der Waals surface area contributed by atoms with Crippen molar-refractivity contribution in [1.82, 2.24) is 9.55 Å². The van der Waals surface area contributed by atoms with Gasteiger partial charge in [0, 0.05) is 7.05 Å².